The smallest absolute Gasteiger partial charge is 0.235 e. The topological polar surface area (TPSA) is 81.1 Å². The second-order valence-corrected chi connectivity index (χ2v) is 34.7. The Hall–Kier alpha value is -16.8. The Balaban J connectivity index is 0.602. The molecule has 1 aliphatic rings. The van der Waals surface area contributed by atoms with Crippen LogP contribution in [0.2, 0.25) is 0 Å². The van der Waals surface area contributed by atoms with Crippen molar-refractivity contribution >= 4 is 174 Å². The van der Waals surface area contributed by atoms with Crippen LogP contribution in [-0.4, -0.2) is 47.3 Å². The van der Waals surface area contributed by atoms with Gasteiger partial charge in [0.2, 0.25) is 11.9 Å². The lowest BCUT2D eigenvalue weighted by molar-refractivity contribution is 0.660. The first kappa shape index (κ1) is 69.8. The first-order valence-electron chi connectivity index (χ1n) is 43.7. The number of nitrogens with zero attached hydrogens (tertiary/aromatic N) is 10. The summed E-state index contributed by atoms with van der Waals surface area (Å²) in [4.78, 5) is 22.0. The van der Waals surface area contributed by atoms with Crippen LogP contribution >= 0.6 is 0 Å². The van der Waals surface area contributed by atoms with Gasteiger partial charge in [0, 0.05) is 109 Å². The van der Waals surface area contributed by atoms with E-state index in [1.165, 1.54) is 76.1 Å². The summed E-state index contributed by atoms with van der Waals surface area (Å²) in [5, 5.41) is 20.7. The maximum absolute atomic E-state index is 5.61. The summed E-state index contributed by atoms with van der Waals surface area (Å²) in [6.07, 6.45) is 0. The van der Waals surface area contributed by atoms with Gasteiger partial charge in [0.15, 0.2) is 0 Å². The third-order valence-corrected chi connectivity index (χ3v) is 27.8. The van der Waals surface area contributed by atoms with Crippen LogP contribution in [0.15, 0.2) is 400 Å². The van der Waals surface area contributed by atoms with Crippen molar-refractivity contribution in [3.63, 3.8) is 0 Å². The van der Waals surface area contributed by atoms with Gasteiger partial charge in [-0.05, 0) is 188 Å². The largest absolute Gasteiger partial charge is 0.309 e. The van der Waals surface area contributed by atoms with Crippen molar-refractivity contribution in [2.24, 2.45) is 0 Å². The third kappa shape index (κ3) is 9.78. The van der Waals surface area contributed by atoms with E-state index >= 15 is 0 Å². The Labute approximate surface area is 726 Å². The van der Waals surface area contributed by atoms with Crippen LogP contribution in [0.4, 0.5) is 0 Å². The lowest BCUT2D eigenvalue weighted by Gasteiger charge is -2.21. The molecule has 10 nitrogen and oxygen atoms in total. The summed E-state index contributed by atoms with van der Waals surface area (Å²) >= 11 is 0. The molecule has 10 heteroatoms. The van der Waals surface area contributed by atoms with Crippen molar-refractivity contribution in [3.05, 3.63) is 412 Å². The summed E-state index contributed by atoms with van der Waals surface area (Å²) < 4.78 is 14.5. The van der Waals surface area contributed by atoms with Gasteiger partial charge in [-0.2, -0.15) is 0 Å². The first-order chi connectivity index (χ1) is 62.8. The molecule has 0 aliphatic heterocycles. The molecular weight excluding hydrogens is 1550 g/mol. The minimum Gasteiger partial charge on any atom is -0.309 e. The molecule has 0 radical (unpaired) electrons. The SMILES string of the molecule is CC1(C)c2ccccc2-c2cc(-n3c4ccc(-c5ccc(-n6c7ccccc7c7c8c9ccccc9n(-c9cccc%10c9c9ccccc9n%10-c9nc(-c%10cccc%11ccccc%10%11)c%10ccccc%10n9)c8ccc76)cc5)cc4c4c5c6ccccc6n(-c6ccc7c(c6)c6ccccc6n7-c6nc(-c7cccc8ccccc78)c7ccccc7n6)c5ccc43)ccc21. The van der Waals surface area contributed by atoms with Crippen LogP contribution in [0.25, 0.3) is 254 Å². The van der Waals surface area contributed by atoms with Gasteiger partial charge in [-0.15, -0.1) is 0 Å². The van der Waals surface area contributed by atoms with E-state index in [4.69, 9.17) is 19.9 Å². The zero-order valence-electron chi connectivity index (χ0n) is 69.1. The zero-order valence-corrected chi connectivity index (χ0v) is 69.1. The molecule has 28 rings (SSSR count). The van der Waals surface area contributed by atoms with Gasteiger partial charge in [-0.25, -0.2) is 19.9 Å². The highest BCUT2D eigenvalue weighted by Gasteiger charge is 2.36. The number of hydrogen-bond acceptors (Lipinski definition) is 4. The number of benzene rings is 19. The van der Waals surface area contributed by atoms with E-state index in [1.807, 2.05) is 0 Å². The van der Waals surface area contributed by atoms with E-state index in [1.54, 1.807) is 0 Å². The van der Waals surface area contributed by atoms with Gasteiger partial charge in [0.1, 0.15) is 0 Å². The van der Waals surface area contributed by atoms with Crippen molar-refractivity contribution in [2.75, 3.05) is 0 Å². The van der Waals surface area contributed by atoms with Gasteiger partial charge < -0.3 is 18.3 Å². The highest BCUT2D eigenvalue weighted by molar-refractivity contribution is 6.32. The van der Waals surface area contributed by atoms with Crippen molar-refractivity contribution in [2.45, 2.75) is 19.3 Å². The van der Waals surface area contributed by atoms with Crippen LogP contribution in [0.5, 0.6) is 0 Å². The quantitative estimate of drug-likeness (QED) is 0.144. The highest BCUT2D eigenvalue weighted by atomic mass is 15.2. The molecule has 0 unspecified atom stereocenters. The molecule has 0 fully saturated rings. The predicted molar refractivity (Wildman–Crippen MR) is 528 cm³/mol. The Bertz CT molecular complexity index is 9520. The van der Waals surface area contributed by atoms with Gasteiger partial charge >= 0.3 is 0 Å². The summed E-state index contributed by atoms with van der Waals surface area (Å²) in [5.41, 5.74) is 30.7. The van der Waals surface area contributed by atoms with Gasteiger partial charge in [0.25, 0.3) is 0 Å². The van der Waals surface area contributed by atoms with Crippen LogP contribution in [0.3, 0.4) is 0 Å². The lowest BCUT2D eigenvalue weighted by Crippen LogP contribution is -2.14. The molecule has 0 bridgehead atoms. The van der Waals surface area contributed by atoms with Gasteiger partial charge in [-0.3, -0.25) is 9.13 Å². The Morgan fingerprint density at radius 3 is 1.14 bits per heavy atom. The van der Waals surface area contributed by atoms with Crippen LogP contribution < -0.4 is 0 Å². The van der Waals surface area contributed by atoms with E-state index in [2.05, 4.69) is 442 Å². The molecule has 8 aromatic heterocycles. The monoisotopic (exact) mass is 1620 g/mol. The highest BCUT2D eigenvalue weighted by Crippen LogP contribution is 2.53. The standard InChI is InChI=1S/C117H72N10/c1-117(2)91-42-15-7-32-78(91)88-67-74(57-59-92(88)117)124-101-60-54-72(66-90(101)112-106(124)63-62-105-110(112)86-38-13-20-47-97(86)123(105)75-58-61-100-89(68-75)79-33-10-18-45-95(79)126(100)115-118-93-43-16-8-34-82(93)113(120-115)80-40-23-28-70-26-3-5-30-76(70)80)69-52-55-73(56-53-69)122-96-46-19-12-37-85(96)109-104(122)64-65-107-111(109)87-39-14-21-48-98(87)125(107)102-50-25-51-103-108(102)84-36-11-22-49-99(84)127(103)116-119-94-44-17-9-35-83(94)114(121-116)81-41-24-29-71-27-4-6-31-77(71)81/h3-68H,1-2H3. The molecule has 0 spiro atoms. The summed E-state index contributed by atoms with van der Waals surface area (Å²) in [5.74, 6) is 1.25. The Kier molecular flexibility index (Phi) is 14.4. The molecule has 0 amide bonds. The molecule has 8 heterocycles. The normalized spacial score (nSPS) is 12.9. The number of fused-ring (bicyclic) bond motifs is 27. The molecule has 0 saturated heterocycles. The maximum atomic E-state index is 5.61. The predicted octanol–water partition coefficient (Wildman–Crippen LogP) is 29.8. The van der Waals surface area contributed by atoms with Crippen LogP contribution in [0.1, 0.15) is 25.0 Å². The molecular formula is C117H72N10. The fraction of sp³-hybridized carbons (Fsp3) is 0.0256. The number of aromatic nitrogens is 10. The van der Waals surface area contributed by atoms with Crippen LogP contribution in [0, 0.1) is 0 Å². The fourth-order valence-electron chi connectivity index (χ4n) is 22.3. The van der Waals surface area contributed by atoms with E-state index < -0.39 is 0 Å². The van der Waals surface area contributed by atoms with E-state index in [-0.39, 0.29) is 5.41 Å². The molecule has 19 aromatic carbocycles. The average molecular weight is 1620 g/mol. The Morgan fingerprint density at radius 2 is 0.551 bits per heavy atom. The first-order valence-corrected chi connectivity index (χ1v) is 43.7. The Morgan fingerprint density at radius 1 is 0.197 bits per heavy atom. The molecule has 0 N–H and O–H groups in total. The molecule has 27 aromatic rings. The molecule has 590 valence electrons. The van der Waals surface area contributed by atoms with Crippen molar-refractivity contribution in [1.29, 1.82) is 0 Å². The summed E-state index contributed by atoms with van der Waals surface area (Å²) in [6.45, 7) is 4.73. The molecule has 0 atom stereocenters. The fourth-order valence-corrected chi connectivity index (χ4v) is 22.3. The average Bonchev–Trinajstić information content (AvgIpc) is 1.54. The number of hydrogen-bond donors (Lipinski definition) is 0. The minimum absolute atomic E-state index is 0.144. The van der Waals surface area contributed by atoms with E-state index in [0.717, 1.165) is 177 Å². The molecule has 127 heavy (non-hydrogen) atoms. The minimum atomic E-state index is -0.144. The number of rotatable bonds is 9. The van der Waals surface area contributed by atoms with Crippen molar-refractivity contribution < 1.29 is 0 Å². The van der Waals surface area contributed by atoms with E-state index in [9.17, 15) is 0 Å². The zero-order chi connectivity index (χ0) is 83.2. The van der Waals surface area contributed by atoms with Crippen molar-refractivity contribution in [1.82, 2.24) is 47.3 Å². The summed E-state index contributed by atoms with van der Waals surface area (Å²) in [7, 11) is 0. The van der Waals surface area contributed by atoms with Gasteiger partial charge in [0.05, 0.1) is 94.3 Å². The molecule has 1 aliphatic carbocycles. The lowest BCUT2D eigenvalue weighted by atomic mass is 9.82. The second-order valence-electron chi connectivity index (χ2n) is 34.7. The van der Waals surface area contributed by atoms with Crippen LogP contribution in [-0.2, 0) is 5.41 Å². The van der Waals surface area contributed by atoms with Crippen molar-refractivity contribution in [3.8, 4) is 79.4 Å². The second kappa shape index (κ2) is 26.1. The maximum Gasteiger partial charge on any atom is 0.235 e. The third-order valence-electron chi connectivity index (χ3n) is 27.8. The van der Waals surface area contributed by atoms with Gasteiger partial charge in [-0.1, -0.05) is 281 Å². The molecule has 0 saturated carbocycles. The van der Waals surface area contributed by atoms with E-state index in [0.29, 0.717) is 11.9 Å². The number of para-hydroxylation sites is 7. The summed E-state index contributed by atoms with van der Waals surface area (Å²) in [6, 6.07) is 147.